The van der Waals surface area contributed by atoms with Crippen LogP contribution < -0.4 is 0 Å². The molecule has 1 aromatic heterocycles. The van der Waals surface area contributed by atoms with Gasteiger partial charge in [0.25, 0.3) is 0 Å². The van der Waals surface area contributed by atoms with E-state index in [1.54, 1.807) is 0 Å². The van der Waals surface area contributed by atoms with Gasteiger partial charge in [-0.2, -0.15) is 0 Å². The van der Waals surface area contributed by atoms with Gasteiger partial charge in [0.15, 0.2) is 0 Å². The van der Waals surface area contributed by atoms with Crippen molar-refractivity contribution in [3.8, 4) is 44.5 Å². The highest BCUT2D eigenvalue weighted by atomic mass is 16.3. The molecule has 0 bridgehead atoms. The Hall–Kier alpha value is -6.44. The van der Waals surface area contributed by atoms with Crippen molar-refractivity contribution in [3.05, 3.63) is 181 Å². The van der Waals surface area contributed by atoms with E-state index in [2.05, 4.69) is 166 Å². The van der Waals surface area contributed by atoms with Gasteiger partial charge >= 0.3 is 0 Å². The molecule has 0 aliphatic carbocycles. The highest BCUT2D eigenvalue weighted by Crippen LogP contribution is 2.44. The summed E-state index contributed by atoms with van der Waals surface area (Å²) < 4.78 is 14.2. The van der Waals surface area contributed by atoms with Gasteiger partial charge in [0.05, 0.1) is 1.37 Å². The third-order valence-corrected chi connectivity index (χ3v) is 10.8. The molecule has 0 spiro atoms. The third-order valence-electron chi connectivity index (χ3n) is 10.8. The first-order valence-corrected chi connectivity index (χ1v) is 18.1. The maximum atomic E-state index is 7.97. The van der Waals surface area contributed by atoms with Crippen LogP contribution in [-0.4, -0.2) is 0 Å². The van der Waals surface area contributed by atoms with Gasteiger partial charge in [-0.3, -0.25) is 0 Å². The monoisotopic (exact) mass is 665 g/mol. The first-order chi connectivity index (χ1) is 26.0. The van der Waals surface area contributed by atoms with Gasteiger partial charge in [-0.25, -0.2) is 0 Å². The molecule has 246 valence electrons. The zero-order valence-corrected chi connectivity index (χ0v) is 29.2. The Bertz CT molecular complexity index is 2960. The van der Waals surface area contributed by atoms with Gasteiger partial charge in [0, 0.05) is 10.8 Å². The smallest absolute Gasteiger partial charge is 0.135 e. The van der Waals surface area contributed by atoms with E-state index in [-0.39, 0.29) is 0 Å². The van der Waals surface area contributed by atoms with Gasteiger partial charge in [-0.05, 0) is 113 Å². The minimum absolute atomic E-state index is 0.459. The largest absolute Gasteiger partial charge is 0.456 e. The highest BCUT2D eigenvalue weighted by molar-refractivity contribution is 6.21. The Morgan fingerprint density at radius 1 is 0.385 bits per heavy atom. The van der Waals surface area contributed by atoms with E-state index < -0.39 is 0 Å². The normalized spacial score (nSPS) is 12.1. The molecule has 1 heterocycles. The molecule has 0 saturated heterocycles. The minimum atomic E-state index is 0.459. The van der Waals surface area contributed by atoms with Crippen LogP contribution in [-0.2, 0) is 0 Å². The summed E-state index contributed by atoms with van der Waals surface area (Å²) in [5.74, 6) is 0.459. The van der Waals surface area contributed by atoms with Gasteiger partial charge in [0.1, 0.15) is 11.2 Å². The second-order valence-electron chi connectivity index (χ2n) is 14.2. The van der Waals surface area contributed by atoms with Crippen molar-refractivity contribution in [2.75, 3.05) is 0 Å². The van der Waals surface area contributed by atoms with Crippen LogP contribution in [0.25, 0.3) is 98.8 Å². The molecule has 0 atom stereocenters. The van der Waals surface area contributed by atoms with Crippen molar-refractivity contribution in [2.24, 2.45) is 0 Å². The lowest BCUT2D eigenvalue weighted by Crippen LogP contribution is -1.91. The summed E-state index contributed by atoms with van der Waals surface area (Å²) in [6.45, 7) is 4.43. The molecular formula is C51H36O. The third kappa shape index (κ3) is 5.00. The van der Waals surface area contributed by atoms with E-state index in [9.17, 15) is 0 Å². The van der Waals surface area contributed by atoms with E-state index in [1.165, 1.54) is 71.6 Å². The Morgan fingerprint density at radius 3 is 1.52 bits per heavy atom. The molecule has 0 fully saturated rings. The molecule has 0 aliphatic heterocycles. The topological polar surface area (TPSA) is 13.1 Å². The molecule has 0 amide bonds. The Labute approximate surface area is 304 Å². The van der Waals surface area contributed by atoms with Crippen molar-refractivity contribution in [1.82, 2.24) is 0 Å². The summed E-state index contributed by atoms with van der Waals surface area (Å²) in [5.41, 5.74) is 12.8. The molecule has 0 saturated carbocycles. The zero-order valence-electron chi connectivity index (χ0n) is 30.2. The molecule has 1 nitrogen and oxygen atoms in total. The Morgan fingerprint density at radius 2 is 0.923 bits per heavy atom. The van der Waals surface area contributed by atoms with Gasteiger partial charge in [-0.1, -0.05) is 165 Å². The lowest BCUT2D eigenvalue weighted by Gasteiger charge is -2.18. The van der Waals surface area contributed by atoms with E-state index in [0.717, 1.165) is 32.7 Å². The summed E-state index contributed by atoms with van der Waals surface area (Å²) in [6.07, 6.45) is 0. The molecule has 9 aromatic carbocycles. The number of hydrogen-bond acceptors (Lipinski definition) is 1. The van der Waals surface area contributed by atoms with Crippen LogP contribution >= 0.6 is 0 Å². The van der Waals surface area contributed by atoms with E-state index in [1.807, 2.05) is 18.2 Å². The summed E-state index contributed by atoms with van der Waals surface area (Å²) in [7, 11) is 0. The van der Waals surface area contributed by atoms with E-state index in [4.69, 9.17) is 5.79 Å². The maximum Gasteiger partial charge on any atom is 0.135 e. The van der Waals surface area contributed by atoms with Gasteiger partial charge in [0.2, 0.25) is 0 Å². The first-order valence-electron chi connectivity index (χ1n) is 18.6. The van der Waals surface area contributed by atoms with Gasteiger partial charge < -0.3 is 4.42 Å². The Kier molecular flexibility index (Phi) is 6.82. The van der Waals surface area contributed by atoms with Crippen molar-refractivity contribution < 1.29 is 5.79 Å². The quantitative estimate of drug-likeness (QED) is 0.167. The molecule has 0 unspecified atom stereocenters. The van der Waals surface area contributed by atoms with Crippen LogP contribution in [0.5, 0.6) is 0 Å². The molecule has 1 heteroatoms. The van der Waals surface area contributed by atoms with Crippen LogP contribution in [0, 0.1) is 0 Å². The summed E-state index contributed by atoms with van der Waals surface area (Å²) in [4.78, 5) is 0. The second kappa shape index (κ2) is 12.1. The predicted molar refractivity (Wildman–Crippen MR) is 222 cm³/mol. The van der Waals surface area contributed by atoms with Gasteiger partial charge in [-0.15, -0.1) is 0 Å². The lowest BCUT2D eigenvalue weighted by molar-refractivity contribution is 0.667. The van der Waals surface area contributed by atoms with E-state index in [0.29, 0.717) is 12.0 Å². The lowest BCUT2D eigenvalue weighted by atomic mass is 9.85. The summed E-state index contributed by atoms with van der Waals surface area (Å²) >= 11 is 0. The fourth-order valence-corrected chi connectivity index (χ4v) is 8.05. The van der Waals surface area contributed by atoms with Crippen molar-refractivity contribution in [2.45, 2.75) is 19.8 Å². The SMILES string of the molecule is [2H]c1ccc2cc(-c3ccc(-c4c5ccccc5c(-c5ccc(-c6ccc7oc8cc(C(C)C)ccc8c7c6)cc5)c5ccccc45)cc3)ccc2c1. The number of benzene rings is 9. The van der Waals surface area contributed by atoms with Crippen molar-refractivity contribution in [1.29, 1.82) is 0 Å². The molecule has 52 heavy (non-hydrogen) atoms. The first kappa shape index (κ1) is 29.3. The summed E-state index contributed by atoms with van der Waals surface area (Å²) in [5, 5.41) is 9.53. The molecule has 0 N–H and O–H groups in total. The maximum absolute atomic E-state index is 7.97. The minimum Gasteiger partial charge on any atom is -0.456 e. The van der Waals surface area contributed by atoms with Crippen LogP contribution in [0.2, 0.25) is 0 Å². The van der Waals surface area contributed by atoms with E-state index >= 15 is 0 Å². The molecular weight excluding hydrogens is 629 g/mol. The van der Waals surface area contributed by atoms with Crippen molar-refractivity contribution >= 4 is 54.3 Å². The highest BCUT2D eigenvalue weighted by Gasteiger charge is 2.17. The fourth-order valence-electron chi connectivity index (χ4n) is 8.05. The van der Waals surface area contributed by atoms with Crippen LogP contribution in [0.4, 0.5) is 0 Å². The zero-order chi connectivity index (χ0) is 35.6. The predicted octanol–water partition coefficient (Wildman–Crippen LogP) is 14.8. The van der Waals surface area contributed by atoms with Crippen LogP contribution in [0.3, 0.4) is 0 Å². The number of hydrogen-bond donors (Lipinski definition) is 0. The average Bonchev–Trinajstić information content (AvgIpc) is 3.57. The standard InChI is InChI=1S/C51H36O/c1-32(2)38-25-27-42-47-30-41(26-28-48(47)52-49(42)31-38)35-17-22-37(23-18-35)51-45-13-7-5-11-43(45)50(44-12-6-8-14-46(44)51)36-20-15-34(16-21-36)40-24-19-33-9-3-4-10-39(33)29-40/h3-32H,1-2H3/i3D. The van der Waals surface area contributed by atoms with Crippen molar-refractivity contribution in [3.63, 3.8) is 0 Å². The molecule has 0 radical (unpaired) electrons. The number of rotatable bonds is 5. The molecule has 10 aromatic rings. The molecule has 10 rings (SSSR count). The van der Waals surface area contributed by atoms with Crippen LogP contribution in [0.1, 0.15) is 26.7 Å². The number of fused-ring (bicyclic) bond motifs is 6. The average molecular weight is 666 g/mol. The van der Waals surface area contributed by atoms with Crippen LogP contribution in [0.15, 0.2) is 180 Å². The summed E-state index contributed by atoms with van der Waals surface area (Å²) in [6, 6.07) is 61.7. The second-order valence-corrected chi connectivity index (χ2v) is 14.2. The number of furan rings is 1. The Balaban J connectivity index is 1.05. The fraction of sp³-hybridized carbons (Fsp3) is 0.0588. The molecule has 0 aliphatic rings.